The molecule has 21 heavy (non-hydrogen) atoms. The van der Waals surface area contributed by atoms with Gasteiger partial charge in [-0.15, -0.1) is 0 Å². The molecule has 0 fully saturated rings. The van der Waals surface area contributed by atoms with Gasteiger partial charge in [-0.25, -0.2) is 9.18 Å². The lowest BCUT2D eigenvalue weighted by Gasteiger charge is -2.09. The third-order valence-electron chi connectivity index (χ3n) is 2.84. The fourth-order valence-corrected chi connectivity index (χ4v) is 1.90. The number of aromatic carboxylic acids is 1. The summed E-state index contributed by atoms with van der Waals surface area (Å²) < 4.78 is 18.7. The number of aryl methyl sites for hydroxylation is 1. The van der Waals surface area contributed by atoms with Gasteiger partial charge in [0, 0.05) is 12.2 Å². The number of ether oxygens (including phenoxy) is 1. The molecule has 0 bridgehead atoms. The largest absolute Gasteiger partial charge is 0.492 e. The highest BCUT2D eigenvalue weighted by Gasteiger charge is 2.02. The summed E-state index contributed by atoms with van der Waals surface area (Å²) in [6, 6.07) is 10.9. The van der Waals surface area contributed by atoms with Crippen molar-refractivity contribution >= 4 is 11.7 Å². The maximum Gasteiger partial charge on any atom is 0.335 e. The van der Waals surface area contributed by atoms with Crippen molar-refractivity contribution in [2.24, 2.45) is 0 Å². The van der Waals surface area contributed by atoms with E-state index in [-0.39, 0.29) is 11.4 Å². The molecule has 2 aromatic rings. The zero-order valence-electron chi connectivity index (χ0n) is 11.6. The molecule has 0 radical (unpaired) electrons. The molecule has 0 heterocycles. The van der Waals surface area contributed by atoms with Crippen molar-refractivity contribution in [1.82, 2.24) is 0 Å². The lowest BCUT2D eigenvalue weighted by atomic mass is 10.2. The fourth-order valence-electron chi connectivity index (χ4n) is 1.90. The van der Waals surface area contributed by atoms with Crippen LogP contribution in [0.15, 0.2) is 42.5 Å². The molecule has 0 amide bonds. The van der Waals surface area contributed by atoms with Crippen molar-refractivity contribution in [2.75, 3.05) is 18.5 Å². The SMILES string of the molecule is Cc1cc(F)cc(NCCOc2ccc(C(=O)O)cc2)c1. The minimum Gasteiger partial charge on any atom is -0.492 e. The zero-order valence-corrected chi connectivity index (χ0v) is 11.6. The van der Waals surface area contributed by atoms with Crippen molar-refractivity contribution in [3.63, 3.8) is 0 Å². The number of anilines is 1. The van der Waals surface area contributed by atoms with E-state index in [1.807, 2.05) is 13.0 Å². The minimum absolute atomic E-state index is 0.218. The van der Waals surface area contributed by atoms with E-state index in [9.17, 15) is 9.18 Å². The first-order valence-electron chi connectivity index (χ1n) is 6.52. The standard InChI is InChI=1S/C16H16FNO3/c1-11-8-13(17)10-14(9-11)18-6-7-21-15-4-2-12(3-5-15)16(19)20/h2-5,8-10,18H,6-7H2,1H3,(H,19,20). The summed E-state index contributed by atoms with van der Waals surface area (Å²) in [6.45, 7) is 2.74. The molecule has 4 nitrogen and oxygen atoms in total. The summed E-state index contributed by atoms with van der Waals surface area (Å²) in [5.74, 6) is -0.649. The van der Waals surface area contributed by atoms with Crippen LogP contribution < -0.4 is 10.1 Å². The summed E-state index contributed by atoms with van der Waals surface area (Å²) in [6.07, 6.45) is 0. The molecule has 2 aromatic carbocycles. The van der Waals surface area contributed by atoms with Crippen LogP contribution in [0.25, 0.3) is 0 Å². The average Bonchev–Trinajstić information content (AvgIpc) is 2.43. The topological polar surface area (TPSA) is 58.6 Å². The highest BCUT2D eigenvalue weighted by Crippen LogP contribution is 2.14. The summed E-state index contributed by atoms with van der Waals surface area (Å²) in [7, 11) is 0. The van der Waals surface area contributed by atoms with E-state index in [1.54, 1.807) is 12.1 Å². The Bertz CT molecular complexity index is 606. The number of nitrogens with one attached hydrogen (secondary N) is 1. The number of carboxylic acids is 1. The molecule has 0 saturated carbocycles. The average molecular weight is 289 g/mol. The van der Waals surface area contributed by atoms with Gasteiger partial charge in [0.25, 0.3) is 0 Å². The number of rotatable bonds is 6. The van der Waals surface area contributed by atoms with E-state index in [1.165, 1.54) is 24.3 Å². The summed E-state index contributed by atoms with van der Waals surface area (Å²) >= 11 is 0. The number of carboxylic acid groups (broad SMARTS) is 1. The Hall–Kier alpha value is -2.56. The van der Waals surface area contributed by atoms with Crippen LogP contribution in [0.5, 0.6) is 5.75 Å². The van der Waals surface area contributed by atoms with Gasteiger partial charge in [0.15, 0.2) is 0 Å². The third-order valence-corrected chi connectivity index (χ3v) is 2.84. The predicted octanol–water partition coefficient (Wildman–Crippen LogP) is 3.32. The van der Waals surface area contributed by atoms with E-state index in [4.69, 9.17) is 9.84 Å². The van der Waals surface area contributed by atoms with E-state index in [2.05, 4.69) is 5.32 Å². The van der Waals surface area contributed by atoms with Crippen molar-refractivity contribution < 1.29 is 19.0 Å². The Morgan fingerprint density at radius 2 is 1.95 bits per heavy atom. The summed E-state index contributed by atoms with van der Waals surface area (Å²) in [4.78, 5) is 10.7. The Morgan fingerprint density at radius 1 is 1.24 bits per heavy atom. The Kier molecular flexibility index (Phi) is 4.77. The zero-order chi connectivity index (χ0) is 15.2. The van der Waals surface area contributed by atoms with Crippen molar-refractivity contribution in [1.29, 1.82) is 0 Å². The second-order valence-corrected chi connectivity index (χ2v) is 4.62. The lowest BCUT2D eigenvalue weighted by Crippen LogP contribution is -2.11. The smallest absolute Gasteiger partial charge is 0.335 e. The van der Waals surface area contributed by atoms with Gasteiger partial charge in [-0.05, 0) is 55.0 Å². The molecular formula is C16H16FNO3. The quantitative estimate of drug-likeness (QED) is 0.801. The molecule has 0 saturated heterocycles. The monoisotopic (exact) mass is 289 g/mol. The van der Waals surface area contributed by atoms with Crippen molar-refractivity contribution in [3.05, 3.63) is 59.4 Å². The molecule has 0 aliphatic carbocycles. The van der Waals surface area contributed by atoms with Crippen LogP contribution in [0.1, 0.15) is 15.9 Å². The number of halogens is 1. The molecule has 0 unspecified atom stereocenters. The van der Waals surface area contributed by atoms with E-state index >= 15 is 0 Å². The predicted molar refractivity (Wildman–Crippen MR) is 78.5 cm³/mol. The van der Waals surface area contributed by atoms with Crippen LogP contribution in [0.4, 0.5) is 10.1 Å². The van der Waals surface area contributed by atoms with E-state index < -0.39 is 5.97 Å². The second kappa shape index (κ2) is 6.74. The first-order chi connectivity index (χ1) is 10.0. The molecule has 0 atom stereocenters. The number of carbonyl (C=O) groups is 1. The molecule has 110 valence electrons. The van der Waals surface area contributed by atoms with Gasteiger partial charge >= 0.3 is 5.97 Å². The first kappa shape index (κ1) is 14.8. The maximum absolute atomic E-state index is 13.2. The Labute approximate surface area is 122 Å². The molecule has 0 aromatic heterocycles. The molecule has 0 aliphatic heterocycles. The number of hydrogen-bond acceptors (Lipinski definition) is 3. The normalized spacial score (nSPS) is 10.2. The second-order valence-electron chi connectivity index (χ2n) is 4.62. The molecule has 0 aliphatic rings. The van der Waals surface area contributed by atoms with Crippen LogP contribution in [-0.2, 0) is 0 Å². The highest BCUT2D eigenvalue weighted by molar-refractivity contribution is 5.87. The van der Waals surface area contributed by atoms with Crippen LogP contribution in [0.3, 0.4) is 0 Å². The molecular weight excluding hydrogens is 273 g/mol. The number of benzene rings is 2. The van der Waals surface area contributed by atoms with Crippen LogP contribution in [-0.4, -0.2) is 24.2 Å². The van der Waals surface area contributed by atoms with Gasteiger partial charge in [-0.3, -0.25) is 0 Å². The van der Waals surface area contributed by atoms with Crippen LogP contribution >= 0.6 is 0 Å². The van der Waals surface area contributed by atoms with Gasteiger partial charge in [0.2, 0.25) is 0 Å². The van der Waals surface area contributed by atoms with Crippen molar-refractivity contribution in [2.45, 2.75) is 6.92 Å². The molecule has 2 N–H and O–H groups in total. The first-order valence-corrected chi connectivity index (χ1v) is 6.52. The highest BCUT2D eigenvalue weighted by atomic mass is 19.1. The third kappa shape index (κ3) is 4.49. The molecule has 0 spiro atoms. The van der Waals surface area contributed by atoms with Gasteiger partial charge in [0.1, 0.15) is 18.2 Å². The maximum atomic E-state index is 13.2. The Morgan fingerprint density at radius 3 is 2.57 bits per heavy atom. The minimum atomic E-state index is -0.968. The van der Waals surface area contributed by atoms with Gasteiger partial charge < -0.3 is 15.2 Å². The number of hydrogen-bond donors (Lipinski definition) is 2. The fraction of sp³-hybridized carbons (Fsp3) is 0.188. The molecule has 5 heteroatoms. The van der Waals surface area contributed by atoms with Gasteiger partial charge in [-0.1, -0.05) is 0 Å². The molecule has 2 rings (SSSR count). The van der Waals surface area contributed by atoms with Crippen molar-refractivity contribution in [3.8, 4) is 5.75 Å². The van der Waals surface area contributed by atoms with Gasteiger partial charge in [0.05, 0.1) is 5.56 Å². The summed E-state index contributed by atoms with van der Waals surface area (Å²) in [5.41, 5.74) is 1.77. The van der Waals surface area contributed by atoms with Crippen LogP contribution in [0, 0.1) is 12.7 Å². The summed E-state index contributed by atoms with van der Waals surface area (Å²) in [5, 5.41) is 11.8. The van der Waals surface area contributed by atoms with Crippen LogP contribution in [0.2, 0.25) is 0 Å². The Balaban J connectivity index is 1.80. The van der Waals surface area contributed by atoms with Gasteiger partial charge in [-0.2, -0.15) is 0 Å². The van der Waals surface area contributed by atoms with E-state index in [0.717, 1.165) is 5.56 Å². The van der Waals surface area contributed by atoms with E-state index in [0.29, 0.717) is 24.6 Å². The lowest BCUT2D eigenvalue weighted by molar-refractivity contribution is 0.0697.